The lowest BCUT2D eigenvalue weighted by Crippen LogP contribution is -2.21. The van der Waals surface area contributed by atoms with Crippen LogP contribution in [-0.4, -0.2) is 28.2 Å². The number of anilines is 1. The van der Waals surface area contributed by atoms with Gasteiger partial charge in [0, 0.05) is 48.4 Å². The fourth-order valence-corrected chi connectivity index (χ4v) is 4.13. The summed E-state index contributed by atoms with van der Waals surface area (Å²) in [6, 6.07) is 19.5. The first-order valence-electron chi connectivity index (χ1n) is 11.7. The first-order valence-corrected chi connectivity index (χ1v) is 11.7. The Morgan fingerprint density at radius 1 is 0.912 bits per heavy atom. The Labute approximate surface area is 203 Å². The monoisotopic (exact) mass is 451 g/mol. The molecule has 4 rings (SSSR count). The minimum Gasteiger partial charge on any atom is -0.456 e. The van der Waals surface area contributed by atoms with Crippen molar-refractivity contribution in [2.75, 3.05) is 33.1 Å². The van der Waals surface area contributed by atoms with E-state index in [-0.39, 0.29) is 5.41 Å². The SMILES string of the molecule is C=Cc1ccc(-c2c3ccc(=[N+](C)C)cc-3oc3cc(N(C)C)ccc23)c(C=CC(C)(C)C)c1. The molecule has 1 aliphatic carbocycles. The Hall–Kier alpha value is -3.59. The quantitative estimate of drug-likeness (QED) is 0.246. The van der Waals surface area contributed by atoms with Crippen LogP contribution in [0, 0.1) is 5.41 Å². The van der Waals surface area contributed by atoms with Crippen molar-refractivity contribution in [2.24, 2.45) is 5.41 Å². The van der Waals surface area contributed by atoms with E-state index in [1.807, 2.05) is 6.08 Å². The molecule has 2 aromatic carbocycles. The van der Waals surface area contributed by atoms with E-state index in [2.05, 4.69) is 132 Å². The zero-order valence-electron chi connectivity index (χ0n) is 21.4. The van der Waals surface area contributed by atoms with Gasteiger partial charge in [-0.3, -0.25) is 0 Å². The second-order valence-corrected chi connectivity index (χ2v) is 10.4. The van der Waals surface area contributed by atoms with Crippen LogP contribution < -0.4 is 14.8 Å². The molecule has 0 N–H and O–H groups in total. The van der Waals surface area contributed by atoms with Crippen molar-refractivity contribution in [1.82, 2.24) is 4.58 Å². The lowest BCUT2D eigenvalue weighted by Gasteiger charge is -2.19. The number of hydrogen-bond acceptors (Lipinski definition) is 2. The molecular weight excluding hydrogens is 416 g/mol. The molecule has 1 aliphatic heterocycles. The first-order chi connectivity index (χ1) is 16.1. The summed E-state index contributed by atoms with van der Waals surface area (Å²) in [7, 11) is 8.21. The van der Waals surface area contributed by atoms with Gasteiger partial charge >= 0.3 is 0 Å². The smallest absolute Gasteiger partial charge is 0.203 e. The average Bonchev–Trinajstić information content (AvgIpc) is 2.79. The summed E-state index contributed by atoms with van der Waals surface area (Å²) in [4.78, 5) is 2.10. The normalized spacial score (nSPS) is 12.0. The Morgan fingerprint density at radius 3 is 2.29 bits per heavy atom. The Balaban J connectivity index is 2.13. The molecule has 0 fully saturated rings. The van der Waals surface area contributed by atoms with Crippen LogP contribution in [0.4, 0.5) is 5.69 Å². The Bertz CT molecular complexity index is 1440. The molecule has 1 heterocycles. The van der Waals surface area contributed by atoms with Crippen LogP contribution >= 0.6 is 0 Å². The fourth-order valence-electron chi connectivity index (χ4n) is 4.13. The summed E-state index contributed by atoms with van der Waals surface area (Å²) in [6.07, 6.45) is 6.42. The lowest BCUT2D eigenvalue weighted by atomic mass is 9.88. The van der Waals surface area contributed by atoms with E-state index in [1.54, 1.807) is 0 Å². The molecule has 3 heteroatoms. The van der Waals surface area contributed by atoms with Gasteiger partial charge in [0.05, 0.1) is 6.07 Å². The van der Waals surface area contributed by atoms with Crippen LogP contribution in [-0.2, 0) is 0 Å². The molecule has 0 radical (unpaired) electrons. The largest absolute Gasteiger partial charge is 0.456 e. The highest BCUT2D eigenvalue weighted by atomic mass is 16.3. The van der Waals surface area contributed by atoms with Gasteiger partial charge in [0.1, 0.15) is 25.4 Å². The summed E-state index contributed by atoms with van der Waals surface area (Å²) in [5.41, 5.74) is 7.84. The maximum absolute atomic E-state index is 6.50. The summed E-state index contributed by atoms with van der Waals surface area (Å²) in [5, 5.41) is 2.22. The summed E-state index contributed by atoms with van der Waals surface area (Å²) in [5.74, 6) is 0.878. The van der Waals surface area contributed by atoms with Crippen molar-refractivity contribution < 1.29 is 4.42 Å². The van der Waals surface area contributed by atoms with E-state index in [0.29, 0.717) is 0 Å². The van der Waals surface area contributed by atoms with Crippen LogP contribution in [0.5, 0.6) is 0 Å². The van der Waals surface area contributed by atoms with Gasteiger partial charge in [-0.1, -0.05) is 57.7 Å². The molecule has 34 heavy (non-hydrogen) atoms. The zero-order valence-corrected chi connectivity index (χ0v) is 21.4. The third kappa shape index (κ3) is 4.70. The number of benzene rings is 3. The predicted octanol–water partition coefficient (Wildman–Crippen LogP) is 7.00. The van der Waals surface area contributed by atoms with Crippen molar-refractivity contribution >= 4 is 28.8 Å². The zero-order chi connectivity index (χ0) is 24.6. The maximum Gasteiger partial charge on any atom is 0.203 e. The standard InChI is InChI=1S/C31H35N2O/c1-9-21-10-13-25(22(18-21)16-17-31(2,3)4)30-26-14-11-23(32(5)6)19-28(26)34-29-20-24(33(7)8)12-15-27(29)30/h9-20H,1H2,2-8H3/q+1. The number of hydrogen-bond donors (Lipinski definition) is 0. The summed E-state index contributed by atoms with van der Waals surface area (Å²) < 4.78 is 8.60. The molecule has 0 atom stereocenters. The van der Waals surface area contributed by atoms with E-state index in [9.17, 15) is 0 Å². The number of rotatable bonds is 4. The lowest BCUT2D eigenvalue weighted by molar-refractivity contribution is 0.547. The van der Waals surface area contributed by atoms with Gasteiger partial charge in [-0.05, 0) is 46.4 Å². The molecule has 0 saturated carbocycles. The van der Waals surface area contributed by atoms with E-state index >= 15 is 0 Å². The average molecular weight is 452 g/mol. The van der Waals surface area contributed by atoms with Crippen LogP contribution in [0.25, 0.3) is 45.6 Å². The van der Waals surface area contributed by atoms with Crippen LogP contribution in [0.1, 0.15) is 31.9 Å². The third-order valence-electron chi connectivity index (χ3n) is 6.07. The molecule has 3 nitrogen and oxygen atoms in total. The second-order valence-electron chi connectivity index (χ2n) is 10.4. The van der Waals surface area contributed by atoms with Crippen LogP contribution in [0.15, 0.2) is 71.7 Å². The third-order valence-corrected chi connectivity index (χ3v) is 6.07. The topological polar surface area (TPSA) is 19.4 Å². The van der Waals surface area contributed by atoms with Crippen molar-refractivity contribution in [3.8, 4) is 22.5 Å². The number of nitrogens with zero attached hydrogens (tertiary/aromatic N) is 2. The number of allylic oxidation sites excluding steroid dienone is 1. The molecule has 0 aromatic heterocycles. The highest BCUT2D eigenvalue weighted by Gasteiger charge is 2.20. The maximum atomic E-state index is 6.50. The molecule has 0 saturated heterocycles. The Kier molecular flexibility index (Phi) is 6.22. The molecule has 0 unspecified atom stereocenters. The van der Waals surface area contributed by atoms with E-state index < -0.39 is 0 Å². The summed E-state index contributed by atoms with van der Waals surface area (Å²) >= 11 is 0. The van der Waals surface area contributed by atoms with Gasteiger partial charge in [0.2, 0.25) is 5.36 Å². The second kappa shape index (κ2) is 8.98. The van der Waals surface area contributed by atoms with E-state index in [0.717, 1.165) is 38.9 Å². The fraction of sp³-hybridized carbons (Fsp3) is 0.258. The minimum absolute atomic E-state index is 0.0822. The van der Waals surface area contributed by atoms with Gasteiger partial charge in [0.25, 0.3) is 0 Å². The first kappa shape index (κ1) is 23.6. The van der Waals surface area contributed by atoms with Gasteiger partial charge in [-0.2, -0.15) is 0 Å². The van der Waals surface area contributed by atoms with E-state index in [4.69, 9.17) is 4.42 Å². The molecule has 2 aliphatic rings. The highest BCUT2D eigenvalue weighted by molar-refractivity contribution is 6.04. The van der Waals surface area contributed by atoms with E-state index in [1.165, 1.54) is 16.7 Å². The summed E-state index contributed by atoms with van der Waals surface area (Å²) in [6.45, 7) is 10.6. The minimum atomic E-state index is 0.0822. The van der Waals surface area contributed by atoms with Crippen molar-refractivity contribution in [1.29, 1.82) is 0 Å². The highest BCUT2D eigenvalue weighted by Crippen LogP contribution is 2.42. The molecule has 0 bridgehead atoms. The van der Waals surface area contributed by atoms with Crippen LogP contribution in [0.2, 0.25) is 0 Å². The van der Waals surface area contributed by atoms with Crippen molar-refractivity contribution in [2.45, 2.75) is 20.8 Å². The predicted molar refractivity (Wildman–Crippen MR) is 148 cm³/mol. The van der Waals surface area contributed by atoms with Crippen molar-refractivity contribution in [3.05, 3.63) is 83.7 Å². The van der Waals surface area contributed by atoms with Crippen molar-refractivity contribution in [3.63, 3.8) is 0 Å². The van der Waals surface area contributed by atoms with Gasteiger partial charge in [-0.15, -0.1) is 0 Å². The number of fused-ring (bicyclic) bond motifs is 2. The molecule has 174 valence electrons. The van der Waals surface area contributed by atoms with Crippen LogP contribution in [0.3, 0.4) is 0 Å². The Morgan fingerprint density at radius 2 is 1.65 bits per heavy atom. The van der Waals surface area contributed by atoms with Gasteiger partial charge in [0.15, 0.2) is 0 Å². The molecule has 0 spiro atoms. The van der Waals surface area contributed by atoms with Gasteiger partial charge < -0.3 is 9.32 Å². The molecular formula is C31H35N2O+. The van der Waals surface area contributed by atoms with Gasteiger partial charge in [-0.25, -0.2) is 4.58 Å². The molecule has 2 aromatic rings. The molecule has 0 amide bonds.